The lowest BCUT2D eigenvalue weighted by atomic mass is 9.75. The third-order valence-corrected chi connectivity index (χ3v) is 5.11. The number of anilines is 1. The lowest BCUT2D eigenvalue weighted by Gasteiger charge is -2.49. The van der Waals surface area contributed by atoms with Gasteiger partial charge in [-0.15, -0.1) is 0 Å². The summed E-state index contributed by atoms with van der Waals surface area (Å²) in [6, 6.07) is 6.10. The molecule has 1 aliphatic carbocycles. The number of rotatable bonds is 5. The van der Waals surface area contributed by atoms with Crippen LogP contribution >= 0.6 is 15.9 Å². The zero-order valence-corrected chi connectivity index (χ0v) is 14.4. The van der Waals surface area contributed by atoms with Gasteiger partial charge < -0.3 is 14.9 Å². The van der Waals surface area contributed by atoms with Gasteiger partial charge in [0.2, 0.25) is 0 Å². The van der Waals surface area contributed by atoms with Crippen molar-refractivity contribution >= 4 is 21.6 Å². The highest BCUT2D eigenvalue weighted by Gasteiger charge is 2.40. The van der Waals surface area contributed by atoms with Gasteiger partial charge in [-0.2, -0.15) is 0 Å². The predicted molar refractivity (Wildman–Crippen MR) is 88.3 cm³/mol. The van der Waals surface area contributed by atoms with Crippen molar-refractivity contribution in [2.24, 2.45) is 0 Å². The Morgan fingerprint density at radius 3 is 2.40 bits per heavy atom. The van der Waals surface area contributed by atoms with E-state index in [-0.39, 0.29) is 5.54 Å². The van der Waals surface area contributed by atoms with E-state index in [1.54, 1.807) is 0 Å². The average Bonchev–Trinajstić information content (AvgIpc) is 2.32. The third kappa shape index (κ3) is 3.02. The summed E-state index contributed by atoms with van der Waals surface area (Å²) >= 11 is 3.53. The van der Waals surface area contributed by atoms with Gasteiger partial charge in [0.05, 0.1) is 6.10 Å². The highest BCUT2D eigenvalue weighted by Crippen LogP contribution is 2.38. The predicted octanol–water partition coefficient (Wildman–Crippen LogP) is 3.42. The van der Waals surface area contributed by atoms with Crippen LogP contribution < -0.4 is 4.90 Å². The SMILES string of the molecule is CC(O)c1ccc(Br)cc1N(C)CC1(N(C)C)CCC1. The Balaban J connectivity index is 2.24. The van der Waals surface area contributed by atoms with Crippen molar-refractivity contribution in [3.63, 3.8) is 0 Å². The summed E-state index contributed by atoms with van der Waals surface area (Å²) in [7, 11) is 6.46. The quantitative estimate of drug-likeness (QED) is 0.889. The highest BCUT2D eigenvalue weighted by molar-refractivity contribution is 9.10. The van der Waals surface area contributed by atoms with Crippen LogP contribution in [-0.4, -0.2) is 43.2 Å². The molecule has 112 valence electrons. The number of aliphatic hydroxyl groups excluding tert-OH is 1. The molecule has 0 aromatic heterocycles. The van der Waals surface area contributed by atoms with Crippen molar-refractivity contribution in [1.29, 1.82) is 0 Å². The van der Waals surface area contributed by atoms with E-state index in [0.29, 0.717) is 0 Å². The van der Waals surface area contributed by atoms with E-state index in [1.807, 2.05) is 19.1 Å². The van der Waals surface area contributed by atoms with Gasteiger partial charge in [0, 0.05) is 34.9 Å². The van der Waals surface area contributed by atoms with Gasteiger partial charge in [0.1, 0.15) is 0 Å². The number of hydrogen-bond donors (Lipinski definition) is 1. The van der Waals surface area contributed by atoms with Crippen LogP contribution in [0.2, 0.25) is 0 Å². The summed E-state index contributed by atoms with van der Waals surface area (Å²) in [6.45, 7) is 2.82. The summed E-state index contributed by atoms with van der Waals surface area (Å²) in [4.78, 5) is 4.64. The molecule has 1 aromatic carbocycles. The highest BCUT2D eigenvalue weighted by atomic mass is 79.9. The molecule has 1 fully saturated rings. The first-order chi connectivity index (χ1) is 9.35. The van der Waals surface area contributed by atoms with Crippen LogP contribution in [0.4, 0.5) is 5.69 Å². The number of nitrogens with zero attached hydrogens (tertiary/aromatic N) is 2. The van der Waals surface area contributed by atoms with Gasteiger partial charge in [0.15, 0.2) is 0 Å². The van der Waals surface area contributed by atoms with Gasteiger partial charge in [-0.25, -0.2) is 0 Å². The summed E-state index contributed by atoms with van der Waals surface area (Å²) in [5.74, 6) is 0. The minimum absolute atomic E-state index is 0.285. The normalized spacial score (nSPS) is 18.8. The van der Waals surface area contributed by atoms with Crippen LogP contribution in [0.1, 0.15) is 37.9 Å². The molecule has 4 heteroatoms. The summed E-state index contributed by atoms with van der Waals surface area (Å²) in [6.07, 6.45) is 3.37. The maximum absolute atomic E-state index is 9.97. The topological polar surface area (TPSA) is 26.7 Å². The van der Waals surface area contributed by atoms with Gasteiger partial charge >= 0.3 is 0 Å². The van der Waals surface area contributed by atoms with Crippen molar-refractivity contribution in [3.8, 4) is 0 Å². The number of aliphatic hydroxyl groups is 1. The van der Waals surface area contributed by atoms with Crippen molar-refractivity contribution in [1.82, 2.24) is 4.90 Å². The van der Waals surface area contributed by atoms with E-state index in [2.05, 4.69) is 52.9 Å². The summed E-state index contributed by atoms with van der Waals surface area (Å²) < 4.78 is 1.05. The second-order valence-electron chi connectivity index (χ2n) is 6.21. The molecule has 1 unspecified atom stereocenters. The number of hydrogen-bond acceptors (Lipinski definition) is 3. The Morgan fingerprint density at radius 2 is 1.95 bits per heavy atom. The van der Waals surface area contributed by atoms with Crippen molar-refractivity contribution in [3.05, 3.63) is 28.2 Å². The minimum Gasteiger partial charge on any atom is -0.389 e. The van der Waals surface area contributed by atoms with Gasteiger partial charge in [-0.1, -0.05) is 22.0 Å². The van der Waals surface area contributed by atoms with Crippen LogP contribution in [0, 0.1) is 0 Å². The first kappa shape index (κ1) is 15.8. The molecule has 1 aromatic rings. The largest absolute Gasteiger partial charge is 0.389 e. The first-order valence-electron chi connectivity index (χ1n) is 7.22. The lowest BCUT2D eigenvalue weighted by molar-refractivity contribution is 0.0682. The van der Waals surface area contributed by atoms with E-state index in [1.165, 1.54) is 19.3 Å². The van der Waals surface area contributed by atoms with E-state index < -0.39 is 6.10 Å². The molecule has 20 heavy (non-hydrogen) atoms. The molecule has 0 amide bonds. The van der Waals surface area contributed by atoms with E-state index in [4.69, 9.17) is 0 Å². The molecular formula is C16H25BrN2O. The number of likely N-dealkylation sites (N-methyl/N-ethyl adjacent to an activating group) is 2. The molecule has 0 heterocycles. The smallest absolute Gasteiger partial charge is 0.0782 e. The van der Waals surface area contributed by atoms with Crippen LogP contribution in [0.5, 0.6) is 0 Å². The molecule has 0 radical (unpaired) electrons. The Hall–Kier alpha value is -0.580. The Labute approximate surface area is 130 Å². The molecule has 1 aliphatic rings. The average molecular weight is 341 g/mol. The van der Waals surface area contributed by atoms with Crippen molar-refractivity contribution < 1.29 is 5.11 Å². The molecule has 3 nitrogen and oxygen atoms in total. The Kier molecular flexibility index (Phi) is 4.77. The molecule has 0 bridgehead atoms. The molecule has 1 atom stereocenters. The van der Waals surface area contributed by atoms with Gasteiger partial charge in [0.25, 0.3) is 0 Å². The zero-order chi connectivity index (χ0) is 14.9. The Morgan fingerprint density at radius 1 is 1.30 bits per heavy atom. The molecule has 0 spiro atoms. The number of benzene rings is 1. The lowest BCUT2D eigenvalue weighted by Crippen LogP contribution is -2.56. The maximum Gasteiger partial charge on any atom is 0.0782 e. The summed E-state index contributed by atoms with van der Waals surface area (Å²) in [5, 5.41) is 9.97. The van der Waals surface area contributed by atoms with Crippen molar-refractivity contribution in [2.45, 2.75) is 37.8 Å². The maximum atomic E-state index is 9.97. The van der Waals surface area contributed by atoms with Gasteiger partial charge in [-0.3, -0.25) is 0 Å². The van der Waals surface area contributed by atoms with Crippen LogP contribution in [0.3, 0.4) is 0 Å². The van der Waals surface area contributed by atoms with E-state index >= 15 is 0 Å². The third-order valence-electron chi connectivity index (χ3n) is 4.62. The molecule has 2 rings (SSSR count). The Bertz CT molecular complexity index is 470. The molecular weight excluding hydrogens is 316 g/mol. The fourth-order valence-electron chi connectivity index (χ4n) is 3.06. The zero-order valence-electron chi connectivity index (χ0n) is 12.9. The molecule has 1 N–H and O–H groups in total. The van der Waals surface area contributed by atoms with Crippen LogP contribution in [0.25, 0.3) is 0 Å². The van der Waals surface area contributed by atoms with Gasteiger partial charge in [-0.05, 0) is 52.4 Å². The van der Waals surface area contributed by atoms with E-state index in [0.717, 1.165) is 22.3 Å². The fourth-order valence-corrected chi connectivity index (χ4v) is 3.41. The molecule has 0 aliphatic heterocycles. The first-order valence-corrected chi connectivity index (χ1v) is 8.01. The van der Waals surface area contributed by atoms with Crippen LogP contribution in [0.15, 0.2) is 22.7 Å². The second-order valence-corrected chi connectivity index (χ2v) is 7.12. The standard InChI is InChI=1S/C16H25BrN2O/c1-12(20)14-7-6-13(17)10-15(14)19(4)11-16(18(2)3)8-5-9-16/h6-7,10,12,20H,5,8-9,11H2,1-4H3. The van der Waals surface area contributed by atoms with Crippen LogP contribution in [-0.2, 0) is 0 Å². The summed E-state index contributed by atoms with van der Waals surface area (Å²) in [5.41, 5.74) is 2.39. The molecule has 0 saturated heterocycles. The fraction of sp³-hybridized carbons (Fsp3) is 0.625. The minimum atomic E-state index is -0.447. The second kappa shape index (κ2) is 6.04. The monoisotopic (exact) mass is 340 g/mol. The van der Waals surface area contributed by atoms with Crippen molar-refractivity contribution in [2.75, 3.05) is 32.6 Å². The number of halogens is 1. The molecule has 1 saturated carbocycles. The van der Waals surface area contributed by atoms with E-state index in [9.17, 15) is 5.11 Å².